The molecule has 3 rings (SSSR count). The van der Waals surface area contributed by atoms with Gasteiger partial charge >= 0.3 is 0 Å². The molecule has 0 aliphatic carbocycles. The molecule has 0 aliphatic heterocycles. The van der Waals surface area contributed by atoms with Gasteiger partial charge in [-0.05, 0) is 54.3 Å². The number of amides is 1. The molecule has 5 heteroatoms. The Hall–Kier alpha value is -2.98. The Morgan fingerprint density at radius 2 is 1.82 bits per heavy atom. The fourth-order valence-electron chi connectivity index (χ4n) is 2.94. The summed E-state index contributed by atoms with van der Waals surface area (Å²) in [5.41, 5.74) is 2.92. The second kappa shape index (κ2) is 9.29. The number of hydrogen-bond donors (Lipinski definition) is 2. The highest BCUT2D eigenvalue weighted by atomic mass is 35.5. The predicted octanol–water partition coefficient (Wildman–Crippen LogP) is 5.08. The Kier molecular flexibility index (Phi) is 6.56. The Morgan fingerprint density at radius 1 is 1.04 bits per heavy atom. The first-order valence-electron chi connectivity index (χ1n) is 9.16. The van der Waals surface area contributed by atoms with Crippen LogP contribution in [0.1, 0.15) is 22.8 Å². The first kappa shape index (κ1) is 19.8. The van der Waals surface area contributed by atoms with Crippen LogP contribution in [0.5, 0.6) is 11.5 Å². The van der Waals surface area contributed by atoms with Crippen molar-refractivity contribution in [3.05, 3.63) is 82.9 Å². The molecular formula is C23H22ClNO3. The lowest BCUT2D eigenvalue weighted by Crippen LogP contribution is -2.25. The van der Waals surface area contributed by atoms with E-state index < -0.39 is 0 Å². The largest absolute Gasteiger partial charge is 0.506 e. The van der Waals surface area contributed by atoms with Gasteiger partial charge in [-0.15, -0.1) is 0 Å². The molecule has 0 fully saturated rings. The fraction of sp³-hybridized carbons (Fsp3) is 0.174. The zero-order valence-corrected chi connectivity index (χ0v) is 16.4. The third-order valence-electron chi connectivity index (χ3n) is 4.32. The van der Waals surface area contributed by atoms with Crippen molar-refractivity contribution in [3.63, 3.8) is 0 Å². The minimum atomic E-state index is -0.363. The van der Waals surface area contributed by atoms with Crippen LogP contribution in [-0.4, -0.2) is 24.2 Å². The first-order chi connectivity index (χ1) is 13.6. The van der Waals surface area contributed by atoms with E-state index in [4.69, 9.17) is 16.3 Å². The van der Waals surface area contributed by atoms with Crippen LogP contribution in [0.25, 0.3) is 11.1 Å². The van der Waals surface area contributed by atoms with E-state index in [2.05, 4.69) is 5.32 Å². The molecule has 0 radical (unpaired) electrons. The van der Waals surface area contributed by atoms with Gasteiger partial charge in [-0.25, -0.2) is 0 Å². The van der Waals surface area contributed by atoms with Gasteiger partial charge in [-0.3, -0.25) is 4.79 Å². The summed E-state index contributed by atoms with van der Waals surface area (Å²) >= 11 is 6.15. The molecule has 0 saturated carbocycles. The molecule has 2 N–H and O–H groups in total. The third-order valence-corrected chi connectivity index (χ3v) is 4.61. The van der Waals surface area contributed by atoms with Crippen LogP contribution < -0.4 is 10.1 Å². The van der Waals surface area contributed by atoms with Gasteiger partial charge in [0.25, 0.3) is 5.91 Å². The average molecular weight is 396 g/mol. The monoisotopic (exact) mass is 395 g/mol. The molecule has 0 aromatic heterocycles. The van der Waals surface area contributed by atoms with Gasteiger partial charge in [0.1, 0.15) is 11.5 Å². The Balaban J connectivity index is 1.70. The number of nitrogens with one attached hydrogen (secondary N) is 1. The number of benzene rings is 3. The van der Waals surface area contributed by atoms with Crippen LogP contribution in [0.2, 0.25) is 5.02 Å². The summed E-state index contributed by atoms with van der Waals surface area (Å²) in [5.74, 6) is 0.238. The minimum absolute atomic E-state index is 0.149. The van der Waals surface area contributed by atoms with E-state index in [0.29, 0.717) is 19.6 Å². The Labute approximate surface area is 169 Å². The van der Waals surface area contributed by atoms with Crippen molar-refractivity contribution in [2.75, 3.05) is 13.2 Å². The molecule has 0 bridgehead atoms. The van der Waals surface area contributed by atoms with E-state index in [-0.39, 0.29) is 22.2 Å². The normalized spacial score (nSPS) is 10.5. The second-order valence-electron chi connectivity index (χ2n) is 6.31. The molecule has 0 saturated heterocycles. The van der Waals surface area contributed by atoms with E-state index >= 15 is 0 Å². The number of carbonyl (C=O) groups excluding carboxylic acids is 1. The van der Waals surface area contributed by atoms with Gasteiger partial charge in [0, 0.05) is 6.54 Å². The lowest BCUT2D eigenvalue weighted by molar-refractivity contribution is 0.0951. The molecule has 0 spiro atoms. The average Bonchev–Trinajstić information content (AvgIpc) is 2.71. The van der Waals surface area contributed by atoms with Crippen LogP contribution in [0.15, 0.2) is 66.7 Å². The highest BCUT2D eigenvalue weighted by Crippen LogP contribution is 2.33. The molecular weight excluding hydrogens is 374 g/mol. The molecule has 4 nitrogen and oxygen atoms in total. The maximum absolute atomic E-state index is 12.6. The van der Waals surface area contributed by atoms with Gasteiger partial charge in [0.05, 0.1) is 17.2 Å². The number of phenols is 1. The number of carbonyl (C=O) groups is 1. The van der Waals surface area contributed by atoms with Crippen molar-refractivity contribution in [3.8, 4) is 22.6 Å². The van der Waals surface area contributed by atoms with Crippen LogP contribution in [-0.2, 0) is 6.42 Å². The quantitative estimate of drug-likeness (QED) is 0.586. The number of hydrogen-bond acceptors (Lipinski definition) is 3. The van der Waals surface area contributed by atoms with E-state index in [1.54, 1.807) is 12.1 Å². The lowest BCUT2D eigenvalue weighted by Gasteiger charge is -2.11. The zero-order chi connectivity index (χ0) is 19.9. The molecule has 3 aromatic rings. The lowest BCUT2D eigenvalue weighted by atomic mass is 10.0. The van der Waals surface area contributed by atoms with E-state index in [0.717, 1.165) is 22.4 Å². The van der Waals surface area contributed by atoms with Gasteiger partial charge < -0.3 is 15.2 Å². The van der Waals surface area contributed by atoms with E-state index in [1.165, 1.54) is 0 Å². The summed E-state index contributed by atoms with van der Waals surface area (Å²) in [4.78, 5) is 12.6. The molecule has 0 heterocycles. The van der Waals surface area contributed by atoms with Crippen LogP contribution in [0.3, 0.4) is 0 Å². The summed E-state index contributed by atoms with van der Waals surface area (Å²) < 4.78 is 5.49. The maximum Gasteiger partial charge on any atom is 0.255 e. The first-order valence-corrected chi connectivity index (χ1v) is 9.54. The summed E-state index contributed by atoms with van der Waals surface area (Å²) in [5, 5.41) is 13.2. The molecule has 28 heavy (non-hydrogen) atoms. The standard InChI is InChI=1S/C23H22ClNO3/c1-2-28-19-10-6-7-16(13-19)11-12-25-23(27)20-14-18(15-21(24)22(20)26)17-8-4-3-5-9-17/h3-10,13-15,26H,2,11-12H2,1H3,(H,25,27). The number of rotatable bonds is 7. The van der Waals surface area contributed by atoms with Crippen molar-refractivity contribution < 1.29 is 14.6 Å². The van der Waals surface area contributed by atoms with Crippen molar-refractivity contribution >= 4 is 17.5 Å². The van der Waals surface area contributed by atoms with Crippen molar-refractivity contribution in [2.45, 2.75) is 13.3 Å². The van der Waals surface area contributed by atoms with Gasteiger partial charge in [0.2, 0.25) is 0 Å². The Bertz CT molecular complexity index is 957. The highest BCUT2D eigenvalue weighted by Gasteiger charge is 2.16. The topological polar surface area (TPSA) is 58.6 Å². The second-order valence-corrected chi connectivity index (χ2v) is 6.71. The molecule has 0 unspecified atom stereocenters. The maximum atomic E-state index is 12.6. The zero-order valence-electron chi connectivity index (χ0n) is 15.6. The predicted molar refractivity (Wildman–Crippen MR) is 112 cm³/mol. The van der Waals surface area contributed by atoms with Crippen molar-refractivity contribution in [2.24, 2.45) is 0 Å². The Morgan fingerprint density at radius 3 is 2.57 bits per heavy atom. The molecule has 1 amide bonds. The number of aromatic hydroxyl groups is 1. The number of ether oxygens (including phenoxy) is 1. The summed E-state index contributed by atoms with van der Waals surface area (Å²) in [6.45, 7) is 2.98. The molecule has 0 atom stereocenters. The van der Waals surface area contributed by atoms with Gasteiger partial charge in [-0.1, -0.05) is 54.1 Å². The molecule has 0 aliphatic rings. The van der Waals surface area contributed by atoms with Crippen LogP contribution in [0, 0.1) is 0 Å². The third kappa shape index (κ3) is 4.84. The SMILES string of the molecule is CCOc1cccc(CCNC(=O)c2cc(-c3ccccc3)cc(Cl)c2O)c1. The van der Waals surface area contributed by atoms with Gasteiger partial charge in [-0.2, -0.15) is 0 Å². The van der Waals surface area contributed by atoms with Gasteiger partial charge in [0.15, 0.2) is 0 Å². The van der Waals surface area contributed by atoms with E-state index in [9.17, 15) is 9.90 Å². The summed E-state index contributed by atoms with van der Waals surface area (Å²) in [6.07, 6.45) is 0.652. The summed E-state index contributed by atoms with van der Waals surface area (Å²) in [7, 11) is 0. The number of phenolic OH excluding ortho intramolecular Hbond substituents is 1. The smallest absolute Gasteiger partial charge is 0.255 e. The summed E-state index contributed by atoms with van der Waals surface area (Å²) in [6, 6.07) is 20.7. The van der Waals surface area contributed by atoms with Crippen LogP contribution in [0.4, 0.5) is 0 Å². The van der Waals surface area contributed by atoms with E-state index in [1.807, 2.05) is 61.5 Å². The highest BCUT2D eigenvalue weighted by molar-refractivity contribution is 6.33. The number of halogens is 1. The van der Waals surface area contributed by atoms with Crippen LogP contribution >= 0.6 is 11.6 Å². The fourth-order valence-corrected chi connectivity index (χ4v) is 3.16. The minimum Gasteiger partial charge on any atom is -0.506 e. The van der Waals surface area contributed by atoms with Crippen molar-refractivity contribution in [1.82, 2.24) is 5.32 Å². The van der Waals surface area contributed by atoms with Crippen molar-refractivity contribution in [1.29, 1.82) is 0 Å². The molecule has 3 aromatic carbocycles. The molecule has 144 valence electrons.